The van der Waals surface area contributed by atoms with Crippen LogP contribution in [0.1, 0.15) is 43.1 Å². The van der Waals surface area contributed by atoms with Gasteiger partial charge in [0.1, 0.15) is 12.1 Å². The first-order valence-electron chi connectivity index (χ1n) is 13.8. The number of carbonyl (C=O) groups excluding carboxylic acids is 3. The maximum Gasteiger partial charge on any atom is 0.305 e. The molecule has 0 saturated carbocycles. The van der Waals surface area contributed by atoms with Gasteiger partial charge < -0.3 is 35.8 Å². The zero-order chi connectivity index (χ0) is 30.2. The lowest BCUT2D eigenvalue weighted by atomic mass is 10.0. The van der Waals surface area contributed by atoms with E-state index in [9.17, 15) is 24.3 Å². The van der Waals surface area contributed by atoms with Gasteiger partial charge in [-0.25, -0.2) is 0 Å². The first kappa shape index (κ1) is 30.3. The molecule has 0 aliphatic carbocycles. The summed E-state index contributed by atoms with van der Waals surface area (Å²) in [5.41, 5.74) is 1.33. The van der Waals surface area contributed by atoms with E-state index in [-0.39, 0.29) is 25.7 Å². The Kier molecular flexibility index (Phi) is 9.98. The van der Waals surface area contributed by atoms with Gasteiger partial charge in [-0.15, -0.1) is 0 Å². The molecule has 1 aliphatic heterocycles. The molecule has 222 valence electrons. The fourth-order valence-electron chi connectivity index (χ4n) is 4.61. The molecule has 0 aromatic heterocycles. The SMILES string of the molecule is CC(C)[C@H](NC(=O)c1ccc2ccccc2c1)C(=O)N[C@@H](C)C(=O)N[C@H](CNCc1ccc2c(c1)OCO2)CC(=O)O. The maximum atomic E-state index is 13.1. The Morgan fingerprint density at radius 1 is 0.833 bits per heavy atom. The Morgan fingerprint density at radius 3 is 2.31 bits per heavy atom. The van der Waals surface area contributed by atoms with E-state index in [0.717, 1.165) is 16.3 Å². The number of carbonyl (C=O) groups is 4. The second kappa shape index (κ2) is 13.8. The second-order valence-electron chi connectivity index (χ2n) is 10.6. The van der Waals surface area contributed by atoms with Crippen molar-refractivity contribution < 1.29 is 33.8 Å². The highest BCUT2D eigenvalue weighted by Gasteiger charge is 2.28. The first-order chi connectivity index (χ1) is 20.1. The quantitative estimate of drug-likeness (QED) is 0.208. The van der Waals surface area contributed by atoms with Crippen molar-refractivity contribution in [2.24, 2.45) is 5.92 Å². The lowest BCUT2D eigenvalue weighted by Gasteiger charge is -2.25. The van der Waals surface area contributed by atoms with E-state index >= 15 is 0 Å². The predicted molar refractivity (Wildman–Crippen MR) is 156 cm³/mol. The summed E-state index contributed by atoms with van der Waals surface area (Å²) >= 11 is 0. The maximum absolute atomic E-state index is 13.1. The van der Waals surface area contributed by atoms with Gasteiger partial charge in [-0.2, -0.15) is 0 Å². The largest absolute Gasteiger partial charge is 0.481 e. The van der Waals surface area contributed by atoms with Crippen LogP contribution in [0.25, 0.3) is 10.8 Å². The first-order valence-corrected chi connectivity index (χ1v) is 13.8. The molecule has 3 aromatic carbocycles. The molecule has 0 unspecified atom stereocenters. The van der Waals surface area contributed by atoms with Gasteiger partial charge in [0.2, 0.25) is 18.6 Å². The van der Waals surface area contributed by atoms with Crippen LogP contribution in [0.2, 0.25) is 0 Å². The number of hydrogen-bond donors (Lipinski definition) is 5. The third-order valence-electron chi connectivity index (χ3n) is 6.92. The molecule has 3 amide bonds. The number of ether oxygens (including phenoxy) is 2. The Balaban J connectivity index is 1.31. The second-order valence-corrected chi connectivity index (χ2v) is 10.6. The molecule has 11 heteroatoms. The molecular weight excluding hydrogens is 540 g/mol. The Morgan fingerprint density at radius 2 is 1.57 bits per heavy atom. The average molecular weight is 577 g/mol. The van der Waals surface area contributed by atoms with Gasteiger partial charge in [-0.05, 0) is 53.4 Å². The van der Waals surface area contributed by atoms with Crippen molar-refractivity contribution >= 4 is 34.5 Å². The molecule has 0 spiro atoms. The number of fused-ring (bicyclic) bond motifs is 2. The molecule has 5 N–H and O–H groups in total. The number of rotatable bonds is 13. The van der Waals surface area contributed by atoms with Gasteiger partial charge in [0.25, 0.3) is 5.91 Å². The van der Waals surface area contributed by atoms with Gasteiger partial charge in [-0.3, -0.25) is 19.2 Å². The number of nitrogens with one attached hydrogen (secondary N) is 4. The van der Waals surface area contributed by atoms with Crippen LogP contribution in [0, 0.1) is 5.92 Å². The molecule has 3 aromatic rings. The minimum absolute atomic E-state index is 0.169. The Labute approximate surface area is 244 Å². The predicted octanol–water partition coefficient (Wildman–Crippen LogP) is 2.58. The summed E-state index contributed by atoms with van der Waals surface area (Å²) in [4.78, 5) is 50.5. The number of carboxylic acids is 1. The summed E-state index contributed by atoms with van der Waals surface area (Å²) < 4.78 is 10.7. The highest BCUT2D eigenvalue weighted by atomic mass is 16.7. The summed E-state index contributed by atoms with van der Waals surface area (Å²) in [6, 6.07) is 15.9. The van der Waals surface area contributed by atoms with Crippen molar-refractivity contribution in [3.8, 4) is 11.5 Å². The zero-order valence-electron chi connectivity index (χ0n) is 23.8. The summed E-state index contributed by atoms with van der Waals surface area (Å²) in [5.74, 6) is -1.48. The molecule has 0 bridgehead atoms. The van der Waals surface area contributed by atoms with Gasteiger partial charge in [-0.1, -0.05) is 50.2 Å². The van der Waals surface area contributed by atoms with Crippen molar-refractivity contribution in [1.82, 2.24) is 21.3 Å². The van der Waals surface area contributed by atoms with E-state index in [1.165, 1.54) is 6.92 Å². The number of aliphatic carboxylic acids is 1. The van der Waals surface area contributed by atoms with E-state index < -0.39 is 41.8 Å². The van der Waals surface area contributed by atoms with Crippen molar-refractivity contribution in [3.63, 3.8) is 0 Å². The van der Waals surface area contributed by atoms with Crippen LogP contribution in [-0.2, 0) is 20.9 Å². The summed E-state index contributed by atoms with van der Waals surface area (Å²) in [6.45, 7) is 5.87. The average Bonchev–Trinajstić information content (AvgIpc) is 3.43. The monoisotopic (exact) mass is 576 g/mol. The third-order valence-corrected chi connectivity index (χ3v) is 6.92. The molecule has 0 saturated heterocycles. The fraction of sp³-hybridized carbons (Fsp3) is 0.355. The van der Waals surface area contributed by atoms with E-state index in [1.807, 2.05) is 42.5 Å². The molecular formula is C31H36N4O7. The minimum atomic E-state index is -1.07. The summed E-state index contributed by atoms with van der Waals surface area (Å²) in [6.07, 6.45) is -0.309. The Bertz CT molecular complexity index is 1460. The zero-order valence-corrected chi connectivity index (χ0v) is 23.8. The molecule has 4 rings (SSSR count). The van der Waals surface area contributed by atoms with Gasteiger partial charge in [0.05, 0.1) is 12.5 Å². The highest BCUT2D eigenvalue weighted by Crippen LogP contribution is 2.32. The van der Waals surface area contributed by atoms with E-state index in [0.29, 0.717) is 23.6 Å². The van der Waals surface area contributed by atoms with E-state index in [4.69, 9.17) is 9.47 Å². The molecule has 1 heterocycles. The molecule has 0 radical (unpaired) electrons. The fourth-order valence-corrected chi connectivity index (χ4v) is 4.61. The van der Waals surface area contributed by atoms with Crippen molar-refractivity contribution in [2.45, 2.75) is 51.9 Å². The van der Waals surface area contributed by atoms with Crippen molar-refractivity contribution in [2.75, 3.05) is 13.3 Å². The van der Waals surface area contributed by atoms with Crippen molar-refractivity contribution in [1.29, 1.82) is 0 Å². The van der Waals surface area contributed by atoms with Gasteiger partial charge >= 0.3 is 5.97 Å². The van der Waals surface area contributed by atoms with Crippen LogP contribution in [0.15, 0.2) is 60.7 Å². The molecule has 3 atom stereocenters. The van der Waals surface area contributed by atoms with Crippen LogP contribution >= 0.6 is 0 Å². The topological polar surface area (TPSA) is 155 Å². The van der Waals surface area contributed by atoms with E-state index in [2.05, 4.69) is 21.3 Å². The third kappa shape index (κ3) is 7.97. The Hall–Kier alpha value is -4.64. The number of hydrogen-bond acceptors (Lipinski definition) is 7. The molecule has 0 fully saturated rings. The summed E-state index contributed by atoms with van der Waals surface area (Å²) in [5, 5.41) is 22.5. The smallest absolute Gasteiger partial charge is 0.305 e. The lowest BCUT2D eigenvalue weighted by Crippen LogP contribution is -2.56. The minimum Gasteiger partial charge on any atom is -0.481 e. The molecule has 11 nitrogen and oxygen atoms in total. The van der Waals surface area contributed by atoms with Gasteiger partial charge in [0.15, 0.2) is 11.5 Å². The van der Waals surface area contributed by atoms with Crippen molar-refractivity contribution in [3.05, 3.63) is 71.8 Å². The summed E-state index contributed by atoms with van der Waals surface area (Å²) in [7, 11) is 0. The normalized spacial score (nSPS) is 14.2. The standard InChI is InChI=1S/C31H36N4O7/c1-18(2)28(35-30(39)23-10-9-21-6-4-5-7-22(21)13-23)31(40)33-19(3)29(38)34-24(14-27(36)37)16-32-15-20-8-11-25-26(12-20)42-17-41-25/h4-13,18-19,24,28,32H,14-17H2,1-3H3,(H,33,40)(H,34,38)(H,35,39)(H,36,37)/t19-,24-,28-/m0/s1. The lowest BCUT2D eigenvalue weighted by molar-refractivity contribution is -0.138. The van der Waals surface area contributed by atoms with Gasteiger partial charge in [0, 0.05) is 18.7 Å². The number of benzene rings is 3. The van der Waals surface area contributed by atoms with Crippen LogP contribution < -0.4 is 30.7 Å². The molecule has 42 heavy (non-hydrogen) atoms. The van der Waals surface area contributed by atoms with E-state index in [1.54, 1.807) is 32.0 Å². The van der Waals surface area contributed by atoms with Crippen LogP contribution in [-0.4, -0.2) is 60.3 Å². The van der Waals surface area contributed by atoms with Crippen LogP contribution in [0.3, 0.4) is 0 Å². The van der Waals surface area contributed by atoms with Crippen LogP contribution in [0.5, 0.6) is 11.5 Å². The number of carboxylic acid groups (broad SMARTS) is 1. The molecule has 1 aliphatic rings. The highest BCUT2D eigenvalue weighted by molar-refractivity contribution is 6.01. The number of amides is 3. The van der Waals surface area contributed by atoms with Crippen LogP contribution in [0.4, 0.5) is 0 Å².